The van der Waals surface area contributed by atoms with Crippen LogP contribution in [0.25, 0.3) is 22.3 Å². The topological polar surface area (TPSA) is 117 Å². The van der Waals surface area contributed by atoms with Crippen LogP contribution < -0.4 is 11.5 Å². The minimum absolute atomic E-state index is 0.171. The molecule has 0 aliphatic carbocycles. The number of carbonyl (C=O) groups excluding carboxylic acids is 1. The number of pyridine rings is 1. The molecule has 7 nitrogen and oxygen atoms in total. The molecule has 8 heteroatoms. The predicted molar refractivity (Wildman–Crippen MR) is 103 cm³/mol. The zero-order valence-electron chi connectivity index (χ0n) is 15.2. The summed E-state index contributed by atoms with van der Waals surface area (Å²) in [6.45, 7) is 0.907. The summed E-state index contributed by atoms with van der Waals surface area (Å²) in [5.74, 6) is -0.452. The van der Waals surface area contributed by atoms with Crippen LogP contribution in [-0.4, -0.2) is 39.7 Å². The first-order chi connectivity index (χ1) is 13.5. The Hall–Kier alpha value is -3.13. The molecule has 0 spiro atoms. The number of rotatable bonds is 4. The summed E-state index contributed by atoms with van der Waals surface area (Å²) in [5.41, 5.74) is 13.2. The van der Waals surface area contributed by atoms with E-state index in [9.17, 15) is 9.18 Å². The lowest BCUT2D eigenvalue weighted by Gasteiger charge is -2.29. The average molecular weight is 381 g/mol. The molecular weight excluding hydrogens is 361 g/mol. The number of fused-ring (bicyclic) bond motifs is 1. The molecule has 0 bridgehead atoms. The SMILES string of the molecule is NC(=O)c1cc(-c2ccc(CC3(F)CCOCC3)cc2)nc2c(N)ncnc12. The number of anilines is 1. The Morgan fingerprint density at radius 1 is 1.14 bits per heavy atom. The number of amides is 1. The minimum atomic E-state index is -1.23. The molecule has 4 N–H and O–H groups in total. The number of nitrogens with two attached hydrogens (primary N) is 2. The van der Waals surface area contributed by atoms with Gasteiger partial charge in [0.25, 0.3) is 5.91 Å². The molecule has 0 saturated carbocycles. The number of hydrogen-bond donors (Lipinski definition) is 2. The number of hydrogen-bond acceptors (Lipinski definition) is 6. The smallest absolute Gasteiger partial charge is 0.251 e. The largest absolute Gasteiger partial charge is 0.382 e. The zero-order valence-corrected chi connectivity index (χ0v) is 15.2. The second kappa shape index (κ2) is 7.12. The van der Waals surface area contributed by atoms with Crippen LogP contribution in [0, 0.1) is 0 Å². The van der Waals surface area contributed by atoms with Crippen LogP contribution in [-0.2, 0) is 11.2 Å². The van der Waals surface area contributed by atoms with Gasteiger partial charge in [0.2, 0.25) is 0 Å². The number of nitrogens with zero attached hydrogens (tertiary/aromatic N) is 3. The van der Waals surface area contributed by atoms with E-state index in [1.807, 2.05) is 24.3 Å². The molecule has 3 heterocycles. The van der Waals surface area contributed by atoms with Crippen LogP contribution in [0.2, 0.25) is 0 Å². The molecule has 1 aromatic carbocycles. The third-order valence-corrected chi connectivity index (χ3v) is 5.04. The highest BCUT2D eigenvalue weighted by atomic mass is 19.1. The van der Waals surface area contributed by atoms with E-state index in [4.69, 9.17) is 16.2 Å². The van der Waals surface area contributed by atoms with Crippen molar-refractivity contribution in [1.82, 2.24) is 15.0 Å². The van der Waals surface area contributed by atoms with Gasteiger partial charge in [-0.2, -0.15) is 0 Å². The third kappa shape index (κ3) is 3.50. The van der Waals surface area contributed by atoms with E-state index >= 15 is 0 Å². The van der Waals surface area contributed by atoms with E-state index < -0.39 is 11.6 Å². The van der Waals surface area contributed by atoms with Crippen LogP contribution in [0.1, 0.15) is 28.8 Å². The molecule has 1 aliphatic heterocycles. The fourth-order valence-corrected chi connectivity index (χ4v) is 3.47. The first kappa shape index (κ1) is 18.2. The third-order valence-electron chi connectivity index (χ3n) is 5.04. The van der Waals surface area contributed by atoms with E-state index in [-0.39, 0.29) is 11.4 Å². The van der Waals surface area contributed by atoms with Crippen molar-refractivity contribution in [1.29, 1.82) is 0 Å². The zero-order chi connectivity index (χ0) is 19.7. The predicted octanol–water partition coefficient (Wildman–Crippen LogP) is 2.43. The Balaban J connectivity index is 1.68. The van der Waals surface area contributed by atoms with Crippen molar-refractivity contribution in [2.45, 2.75) is 24.9 Å². The van der Waals surface area contributed by atoms with Gasteiger partial charge in [-0.15, -0.1) is 0 Å². The molecule has 1 aliphatic rings. The summed E-state index contributed by atoms with van der Waals surface area (Å²) >= 11 is 0. The summed E-state index contributed by atoms with van der Waals surface area (Å²) in [5, 5.41) is 0. The highest BCUT2D eigenvalue weighted by molar-refractivity contribution is 6.06. The van der Waals surface area contributed by atoms with Crippen LogP contribution in [0.5, 0.6) is 0 Å². The molecule has 4 rings (SSSR count). The molecule has 0 radical (unpaired) electrons. The lowest BCUT2D eigenvalue weighted by Crippen LogP contribution is -2.33. The summed E-state index contributed by atoms with van der Waals surface area (Å²) in [7, 11) is 0. The number of benzene rings is 1. The van der Waals surface area contributed by atoms with Crippen LogP contribution in [0.4, 0.5) is 10.2 Å². The molecular formula is C20H20FN5O2. The lowest BCUT2D eigenvalue weighted by atomic mass is 9.89. The van der Waals surface area contributed by atoms with Crippen molar-refractivity contribution in [3.63, 3.8) is 0 Å². The van der Waals surface area contributed by atoms with Crippen molar-refractivity contribution in [3.05, 3.63) is 47.8 Å². The van der Waals surface area contributed by atoms with Gasteiger partial charge in [0.15, 0.2) is 5.82 Å². The van der Waals surface area contributed by atoms with Gasteiger partial charge in [-0.05, 0) is 11.6 Å². The Kier molecular flexibility index (Phi) is 4.64. The lowest BCUT2D eigenvalue weighted by molar-refractivity contribution is -0.00816. The molecule has 1 amide bonds. The van der Waals surface area contributed by atoms with Gasteiger partial charge < -0.3 is 16.2 Å². The van der Waals surface area contributed by atoms with Gasteiger partial charge in [0, 0.05) is 38.0 Å². The highest BCUT2D eigenvalue weighted by Crippen LogP contribution is 2.31. The van der Waals surface area contributed by atoms with Crippen LogP contribution in [0.15, 0.2) is 36.7 Å². The van der Waals surface area contributed by atoms with Gasteiger partial charge in [0.05, 0.1) is 11.3 Å². The van der Waals surface area contributed by atoms with E-state index in [2.05, 4.69) is 15.0 Å². The second-order valence-corrected chi connectivity index (χ2v) is 7.01. The normalized spacial score (nSPS) is 16.2. The average Bonchev–Trinajstić information content (AvgIpc) is 2.68. The van der Waals surface area contributed by atoms with Gasteiger partial charge in [-0.3, -0.25) is 4.79 Å². The second-order valence-electron chi connectivity index (χ2n) is 7.01. The van der Waals surface area contributed by atoms with Crippen LogP contribution in [0.3, 0.4) is 0 Å². The number of carbonyl (C=O) groups is 1. The summed E-state index contributed by atoms with van der Waals surface area (Å²) in [6, 6.07) is 9.01. The monoisotopic (exact) mass is 381 g/mol. The van der Waals surface area contributed by atoms with Gasteiger partial charge in [-0.1, -0.05) is 24.3 Å². The van der Waals surface area contributed by atoms with Crippen LogP contribution >= 0.6 is 0 Å². The fraction of sp³-hybridized carbons (Fsp3) is 0.300. The molecule has 1 saturated heterocycles. The van der Waals surface area contributed by atoms with Crippen molar-refractivity contribution in [2.24, 2.45) is 5.73 Å². The summed E-state index contributed by atoms with van der Waals surface area (Å²) < 4.78 is 20.1. The van der Waals surface area contributed by atoms with E-state index in [0.717, 1.165) is 11.1 Å². The Labute approximate surface area is 160 Å². The minimum Gasteiger partial charge on any atom is -0.382 e. The maximum atomic E-state index is 14.9. The molecule has 3 aromatic rings. The van der Waals surface area contributed by atoms with Gasteiger partial charge >= 0.3 is 0 Å². The Bertz CT molecular complexity index is 1030. The molecule has 1 fully saturated rings. The number of primary amides is 1. The van der Waals surface area contributed by atoms with E-state index in [1.165, 1.54) is 6.33 Å². The van der Waals surface area contributed by atoms with Crippen molar-refractivity contribution in [2.75, 3.05) is 18.9 Å². The standard InChI is InChI=1S/C20H20FN5O2/c21-20(5-7-28-8-6-20)10-12-1-3-13(4-2-12)15-9-14(19(23)27)16-17(26-15)18(22)25-11-24-16/h1-4,9,11H,5-8,10H2,(H2,23,27)(H2,22,24,25). The molecule has 0 atom stereocenters. The maximum Gasteiger partial charge on any atom is 0.251 e. The van der Waals surface area contributed by atoms with Crippen molar-refractivity contribution < 1.29 is 13.9 Å². The number of ether oxygens (including phenoxy) is 1. The highest BCUT2D eigenvalue weighted by Gasteiger charge is 2.32. The summed E-state index contributed by atoms with van der Waals surface area (Å²) in [4.78, 5) is 24.4. The first-order valence-corrected chi connectivity index (χ1v) is 9.02. The fourth-order valence-electron chi connectivity index (χ4n) is 3.47. The Morgan fingerprint density at radius 2 is 1.86 bits per heavy atom. The first-order valence-electron chi connectivity index (χ1n) is 9.02. The number of halogens is 1. The quantitative estimate of drug-likeness (QED) is 0.717. The van der Waals surface area contributed by atoms with E-state index in [1.54, 1.807) is 6.07 Å². The molecule has 144 valence electrons. The summed E-state index contributed by atoms with van der Waals surface area (Å²) in [6.07, 6.45) is 2.42. The molecule has 28 heavy (non-hydrogen) atoms. The molecule has 2 aromatic heterocycles. The van der Waals surface area contributed by atoms with Crippen molar-refractivity contribution in [3.8, 4) is 11.3 Å². The number of aromatic nitrogens is 3. The van der Waals surface area contributed by atoms with Gasteiger partial charge in [-0.25, -0.2) is 19.3 Å². The number of alkyl halides is 1. The number of nitrogen functional groups attached to an aromatic ring is 1. The van der Waals surface area contributed by atoms with Crippen molar-refractivity contribution >= 4 is 22.8 Å². The maximum absolute atomic E-state index is 14.9. The van der Waals surface area contributed by atoms with E-state index in [0.29, 0.717) is 49.2 Å². The molecule has 0 unspecified atom stereocenters. The Morgan fingerprint density at radius 3 is 2.54 bits per heavy atom. The van der Waals surface area contributed by atoms with Gasteiger partial charge in [0.1, 0.15) is 23.0 Å².